The van der Waals surface area contributed by atoms with Crippen molar-refractivity contribution in [3.05, 3.63) is 82.1 Å². The highest BCUT2D eigenvalue weighted by molar-refractivity contribution is 6.36. The van der Waals surface area contributed by atoms with Crippen molar-refractivity contribution < 1.29 is 4.84 Å². The largest absolute Gasteiger partial charge is 0.324 e. The van der Waals surface area contributed by atoms with Gasteiger partial charge in [0.15, 0.2) is 0 Å². The van der Waals surface area contributed by atoms with Crippen molar-refractivity contribution in [2.75, 3.05) is 17.4 Å². The topological polar surface area (TPSA) is 95.8 Å². The molecule has 0 atom stereocenters. The fourth-order valence-corrected chi connectivity index (χ4v) is 2.91. The lowest BCUT2D eigenvalue weighted by Crippen LogP contribution is -2.11. The Hall–Kier alpha value is -3.18. The molecule has 9 heteroatoms. The molecule has 0 spiro atoms. The van der Waals surface area contributed by atoms with Crippen molar-refractivity contribution in [2.24, 2.45) is 0 Å². The van der Waals surface area contributed by atoms with Gasteiger partial charge in [-0.05, 0) is 42.0 Å². The Kier molecular flexibility index (Phi) is 6.98. The second kappa shape index (κ2) is 9.85. The average molecular weight is 427 g/mol. The minimum atomic E-state index is 0.219. The molecule has 0 saturated carbocycles. The van der Waals surface area contributed by atoms with E-state index in [0.717, 1.165) is 5.69 Å². The third-order valence-electron chi connectivity index (χ3n) is 3.71. The molecule has 7 nitrogen and oxygen atoms in total. The Morgan fingerprint density at radius 1 is 1.03 bits per heavy atom. The molecule has 29 heavy (non-hydrogen) atoms. The van der Waals surface area contributed by atoms with Gasteiger partial charge in [-0.1, -0.05) is 35.3 Å². The molecule has 2 aromatic carbocycles. The lowest BCUT2D eigenvalue weighted by atomic mass is 10.1. The van der Waals surface area contributed by atoms with Crippen LogP contribution in [0.15, 0.2) is 55.1 Å². The molecule has 0 aliphatic rings. The average Bonchev–Trinajstić information content (AvgIpc) is 2.72. The Labute approximate surface area is 178 Å². The molecule has 3 aromatic rings. The smallest absolute Gasteiger partial charge is 0.252 e. The summed E-state index contributed by atoms with van der Waals surface area (Å²) in [4.78, 5) is 18.3. The second-order valence-electron chi connectivity index (χ2n) is 5.79. The summed E-state index contributed by atoms with van der Waals surface area (Å²) >= 11 is 12.5. The number of aromatic nitrogens is 3. The van der Waals surface area contributed by atoms with Crippen LogP contribution in [0.5, 0.6) is 0 Å². The van der Waals surface area contributed by atoms with Crippen molar-refractivity contribution in [1.82, 2.24) is 15.0 Å². The molecule has 0 fully saturated rings. The third-order valence-corrected chi connectivity index (χ3v) is 4.42. The number of hydrogen-bond donors (Lipinski definition) is 2. The van der Waals surface area contributed by atoms with Gasteiger partial charge in [0.2, 0.25) is 5.95 Å². The van der Waals surface area contributed by atoms with E-state index in [9.17, 15) is 0 Å². The van der Waals surface area contributed by atoms with Crippen LogP contribution in [-0.2, 0) is 11.3 Å². The summed E-state index contributed by atoms with van der Waals surface area (Å²) < 4.78 is 0. The van der Waals surface area contributed by atoms with E-state index >= 15 is 0 Å². The Morgan fingerprint density at radius 2 is 1.72 bits per heavy atom. The number of halogens is 2. The maximum atomic E-state index is 8.92. The van der Waals surface area contributed by atoms with Crippen molar-refractivity contribution in [2.45, 2.75) is 6.42 Å². The van der Waals surface area contributed by atoms with Crippen LogP contribution in [0.25, 0.3) is 0 Å². The number of benzene rings is 2. The first kappa shape index (κ1) is 20.6. The standard InChI is InChI=1S/C20H16Cl2N6O/c1-2-10-29-28-20-26-18(11-15-16(21)4-3-5-17(15)22)25-19(27-20)24-14-8-6-13(12-23)7-9-14/h2-9H,1,10-11H2,(H2,24,25,26,27,28). The van der Waals surface area contributed by atoms with Crippen LogP contribution in [0.4, 0.5) is 17.6 Å². The molecule has 0 aliphatic heterocycles. The molecule has 0 radical (unpaired) electrons. The van der Waals surface area contributed by atoms with E-state index in [1.165, 1.54) is 0 Å². The lowest BCUT2D eigenvalue weighted by molar-refractivity contribution is 0.225. The zero-order chi connectivity index (χ0) is 20.6. The number of nitrogens with zero attached hydrogens (tertiary/aromatic N) is 4. The van der Waals surface area contributed by atoms with Crippen LogP contribution in [0.3, 0.4) is 0 Å². The maximum absolute atomic E-state index is 8.92. The summed E-state index contributed by atoms with van der Waals surface area (Å²) in [6.07, 6.45) is 1.90. The molecular weight excluding hydrogens is 411 g/mol. The minimum absolute atomic E-state index is 0.219. The van der Waals surface area contributed by atoms with Gasteiger partial charge in [0, 0.05) is 22.2 Å². The Morgan fingerprint density at radius 3 is 2.38 bits per heavy atom. The molecule has 0 saturated heterocycles. The number of nitriles is 1. The van der Waals surface area contributed by atoms with Gasteiger partial charge in [-0.2, -0.15) is 20.2 Å². The summed E-state index contributed by atoms with van der Waals surface area (Å²) in [5.41, 5.74) is 4.65. The fourth-order valence-electron chi connectivity index (χ4n) is 2.38. The molecule has 0 amide bonds. The molecule has 0 unspecified atom stereocenters. The predicted octanol–water partition coefficient (Wildman–Crippen LogP) is 4.91. The van der Waals surface area contributed by atoms with Crippen molar-refractivity contribution >= 4 is 40.8 Å². The lowest BCUT2D eigenvalue weighted by Gasteiger charge is -2.11. The molecule has 0 bridgehead atoms. The van der Waals surface area contributed by atoms with Gasteiger partial charge in [-0.25, -0.2) is 5.48 Å². The highest BCUT2D eigenvalue weighted by Crippen LogP contribution is 2.26. The van der Waals surface area contributed by atoms with Gasteiger partial charge in [0.05, 0.1) is 18.2 Å². The summed E-state index contributed by atoms with van der Waals surface area (Å²) in [5, 5.41) is 13.1. The molecule has 146 valence electrons. The van der Waals surface area contributed by atoms with Crippen molar-refractivity contribution in [3.63, 3.8) is 0 Å². The highest BCUT2D eigenvalue weighted by Gasteiger charge is 2.12. The number of rotatable bonds is 8. The Balaban J connectivity index is 1.90. The molecular formula is C20H16Cl2N6O. The zero-order valence-corrected chi connectivity index (χ0v) is 16.7. The number of hydrogen-bond acceptors (Lipinski definition) is 7. The van der Waals surface area contributed by atoms with Crippen LogP contribution in [-0.4, -0.2) is 21.6 Å². The minimum Gasteiger partial charge on any atom is -0.324 e. The van der Waals surface area contributed by atoms with Crippen LogP contribution in [0.1, 0.15) is 17.0 Å². The summed E-state index contributed by atoms with van der Waals surface area (Å²) in [6, 6.07) is 14.3. The van der Waals surface area contributed by atoms with Crippen LogP contribution in [0.2, 0.25) is 10.0 Å². The molecule has 3 rings (SSSR count). The van der Waals surface area contributed by atoms with E-state index in [-0.39, 0.29) is 12.6 Å². The summed E-state index contributed by atoms with van der Waals surface area (Å²) in [7, 11) is 0. The quantitative estimate of drug-likeness (QED) is 0.299. The van der Waals surface area contributed by atoms with Gasteiger partial charge in [-0.15, -0.1) is 6.58 Å². The molecule has 2 N–H and O–H groups in total. The first-order valence-electron chi connectivity index (χ1n) is 8.52. The van der Waals surface area contributed by atoms with E-state index in [1.54, 1.807) is 48.5 Å². The van der Waals surface area contributed by atoms with E-state index in [0.29, 0.717) is 39.4 Å². The van der Waals surface area contributed by atoms with Gasteiger partial charge < -0.3 is 5.32 Å². The first-order valence-corrected chi connectivity index (χ1v) is 9.28. The van der Waals surface area contributed by atoms with Gasteiger partial charge >= 0.3 is 0 Å². The fraction of sp³-hybridized carbons (Fsp3) is 0.100. The number of nitrogens with one attached hydrogen (secondary N) is 2. The van der Waals surface area contributed by atoms with E-state index < -0.39 is 0 Å². The SMILES string of the molecule is C=CCONc1nc(Cc2c(Cl)cccc2Cl)nc(Nc2ccc(C#N)cc2)n1. The van der Waals surface area contributed by atoms with Crippen LogP contribution in [0, 0.1) is 11.3 Å². The van der Waals surface area contributed by atoms with Gasteiger partial charge in [0.1, 0.15) is 5.82 Å². The monoisotopic (exact) mass is 426 g/mol. The molecule has 0 aliphatic carbocycles. The normalized spacial score (nSPS) is 10.2. The van der Waals surface area contributed by atoms with Crippen molar-refractivity contribution in [1.29, 1.82) is 5.26 Å². The Bertz CT molecular complexity index is 1030. The van der Waals surface area contributed by atoms with Crippen molar-refractivity contribution in [3.8, 4) is 6.07 Å². The molecule has 1 heterocycles. The zero-order valence-electron chi connectivity index (χ0n) is 15.2. The van der Waals surface area contributed by atoms with Crippen LogP contribution < -0.4 is 10.8 Å². The summed E-state index contributed by atoms with van der Waals surface area (Å²) in [5.74, 6) is 0.958. The van der Waals surface area contributed by atoms with Gasteiger partial charge in [-0.3, -0.25) is 4.84 Å². The number of anilines is 3. The maximum Gasteiger partial charge on any atom is 0.252 e. The van der Waals surface area contributed by atoms with E-state index in [2.05, 4.69) is 38.4 Å². The third kappa shape index (κ3) is 5.65. The van der Waals surface area contributed by atoms with E-state index in [4.69, 9.17) is 33.3 Å². The van der Waals surface area contributed by atoms with Crippen LogP contribution >= 0.6 is 23.2 Å². The highest BCUT2D eigenvalue weighted by atomic mass is 35.5. The van der Waals surface area contributed by atoms with E-state index in [1.807, 2.05) is 0 Å². The second-order valence-corrected chi connectivity index (χ2v) is 6.61. The summed E-state index contributed by atoms with van der Waals surface area (Å²) in [6.45, 7) is 3.86. The predicted molar refractivity (Wildman–Crippen MR) is 113 cm³/mol. The molecule has 1 aromatic heterocycles. The van der Waals surface area contributed by atoms with Gasteiger partial charge in [0.25, 0.3) is 5.95 Å². The first-order chi connectivity index (χ1) is 14.1.